The number of carbonyl (C=O) groups excluding carboxylic acids is 1. The van der Waals surface area contributed by atoms with E-state index in [1.54, 1.807) is 10.7 Å². The van der Waals surface area contributed by atoms with Crippen LogP contribution in [0.3, 0.4) is 0 Å². The van der Waals surface area contributed by atoms with E-state index in [1.807, 2.05) is 34.7 Å². The highest BCUT2D eigenvalue weighted by Crippen LogP contribution is 2.25. The number of carbonyl (C=O) groups is 1. The third kappa shape index (κ3) is 3.61. The van der Waals surface area contributed by atoms with Crippen molar-refractivity contribution in [3.05, 3.63) is 23.1 Å². The minimum absolute atomic E-state index is 0.0471. The first-order chi connectivity index (χ1) is 10.8. The van der Waals surface area contributed by atoms with Crippen LogP contribution in [0.2, 0.25) is 0 Å². The van der Waals surface area contributed by atoms with Crippen LogP contribution in [0.4, 0.5) is 0 Å². The summed E-state index contributed by atoms with van der Waals surface area (Å²) in [4.78, 5) is 12.4. The minimum atomic E-state index is -0.213. The molecule has 1 amide bonds. The molecule has 7 heteroatoms. The highest BCUT2D eigenvalue weighted by atomic mass is 16.3. The summed E-state index contributed by atoms with van der Waals surface area (Å²) in [6, 6.07) is 1.67. The van der Waals surface area contributed by atoms with Crippen molar-refractivity contribution >= 4 is 5.91 Å². The van der Waals surface area contributed by atoms with Crippen LogP contribution in [-0.2, 0) is 7.05 Å². The summed E-state index contributed by atoms with van der Waals surface area (Å²) in [5.74, 6) is 0.0337. The summed E-state index contributed by atoms with van der Waals surface area (Å²) in [7, 11) is 1.88. The Labute approximate surface area is 136 Å². The van der Waals surface area contributed by atoms with Gasteiger partial charge in [-0.2, -0.15) is 10.2 Å². The molecule has 0 radical (unpaired) electrons. The molecule has 0 bridgehead atoms. The maximum absolute atomic E-state index is 12.4. The maximum atomic E-state index is 12.4. The molecule has 2 heterocycles. The summed E-state index contributed by atoms with van der Waals surface area (Å²) < 4.78 is 1.80. The number of aromatic nitrogens is 4. The Morgan fingerprint density at radius 2 is 2.13 bits per heavy atom. The monoisotopic (exact) mass is 319 g/mol. The molecule has 0 fully saturated rings. The van der Waals surface area contributed by atoms with Crippen LogP contribution in [0, 0.1) is 19.8 Å². The summed E-state index contributed by atoms with van der Waals surface area (Å²) in [5, 5.41) is 23.5. The molecule has 3 N–H and O–H groups in total. The molecular formula is C16H25N5O2. The first-order valence-electron chi connectivity index (χ1n) is 7.82. The van der Waals surface area contributed by atoms with E-state index < -0.39 is 0 Å². The van der Waals surface area contributed by atoms with Gasteiger partial charge in [-0.1, -0.05) is 13.8 Å². The summed E-state index contributed by atoms with van der Waals surface area (Å²) in [6.45, 7) is 7.97. The molecule has 2 rings (SSSR count). The Kier molecular flexibility index (Phi) is 5.20. The number of nitrogens with one attached hydrogen (secondary N) is 2. The second-order valence-corrected chi connectivity index (χ2v) is 6.17. The van der Waals surface area contributed by atoms with E-state index in [0.717, 1.165) is 17.0 Å². The van der Waals surface area contributed by atoms with Crippen molar-refractivity contribution in [1.29, 1.82) is 0 Å². The fourth-order valence-corrected chi connectivity index (χ4v) is 2.67. The van der Waals surface area contributed by atoms with Gasteiger partial charge in [0.05, 0.1) is 11.4 Å². The molecule has 126 valence electrons. The molecule has 0 spiro atoms. The van der Waals surface area contributed by atoms with Gasteiger partial charge in [0.15, 0.2) is 0 Å². The van der Waals surface area contributed by atoms with E-state index in [1.165, 1.54) is 0 Å². The van der Waals surface area contributed by atoms with E-state index in [9.17, 15) is 4.79 Å². The van der Waals surface area contributed by atoms with Crippen LogP contribution >= 0.6 is 0 Å². The molecule has 0 saturated heterocycles. The van der Waals surface area contributed by atoms with Crippen molar-refractivity contribution < 1.29 is 9.90 Å². The van der Waals surface area contributed by atoms with E-state index in [2.05, 4.69) is 20.6 Å². The van der Waals surface area contributed by atoms with Gasteiger partial charge in [0.1, 0.15) is 5.69 Å². The average Bonchev–Trinajstić information content (AvgIpc) is 3.04. The highest BCUT2D eigenvalue weighted by Gasteiger charge is 2.20. The van der Waals surface area contributed by atoms with Gasteiger partial charge in [0.2, 0.25) is 0 Å². The van der Waals surface area contributed by atoms with Crippen molar-refractivity contribution in [1.82, 2.24) is 25.3 Å². The topological polar surface area (TPSA) is 95.8 Å². The molecule has 0 aromatic carbocycles. The zero-order valence-corrected chi connectivity index (χ0v) is 14.3. The van der Waals surface area contributed by atoms with Gasteiger partial charge >= 0.3 is 0 Å². The number of rotatable bonds is 6. The zero-order chi connectivity index (χ0) is 17.1. The zero-order valence-electron chi connectivity index (χ0n) is 14.3. The summed E-state index contributed by atoms with van der Waals surface area (Å²) in [5.41, 5.74) is 3.94. The van der Waals surface area contributed by atoms with E-state index >= 15 is 0 Å². The molecule has 2 aromatic heterocycles. The number of nitrogens with zero attached hydrogens (tertiary/aromatic N) is 3. The lowest BCUT2D eigenvalue weighted by Gasteiger charge is -2.20. The first kappa shape index (κ1) is 17.2. The number of hydrogen-bond acceptors (Lipinski definition) is 4. The number of amides is 1. The van der Waals surface area contributed by atoms with E-state index in [0.29, 0.717) is 17.8 Å². The number of aromatic amines is 1. The minimum Gasteiger partial charge on any atom is -0.396 e. The fourth-order valence-electron chi connectivity index (χ4n) is 2.67. The predicted octanol–water partition coefficient (Wildman–Crippen LogP) is 1.56. The fraction of sp³-hybridized carbons (Fsp3) is 0.562. The number of aliphatic hydroxyl groups is 1. The van der Waals surface area contributed by atoms with E-state index in [-0.39, 0.29) is 24.5 Å². The summed E-state index contributed by atoms with van der Waals surface area (Å²) in [6.07, 6.45) is 0.533. The maximum Gasteiger partial charge on any atom is 0.269 e. The Bertz CT molecular complexity index is 687. The van der Waals surface area contributed by atoms with Crippen LogP contribution in [0.25, 0.3) is 11.3 Å². The Morgan fingerprint density at radius 3 is 2.65 bits per heavy atom. The smallest absolute Gasteiger partial charge is 0.269 e. The van der Waals surface area contributed by atoms with Crippen molar-refractivity contribution in [3.8, 4) is 11.3 Å². The average molecular weight is 319 g/mol. The van der Waals surface area contributed by atoms with Crippen LogP contribution in [0.5, 0.6) is 0 Å². The Balaban J connectivity index is 2.20. The van der Waals surface area contributed by atoms with Gasteiger partial charge in [-0.05, 0) is 32.3 Å². The van der Waals surface area contributed by atoms with Crippen LogP contribution in [-0.4, -0.2) is 43.6 Å². The lowest BCUT2D eigenvalue weighted by Crippen LogP contribution is -2.39. The second-order valence-electron chi connectivity index (χ2n) is 6.17. The van der Waals surface area contributed by atoms with Gasteiger partial charge in [0, 0.05) is 31.0 Å². The largest absolute Gasteiger partial charge is 0.396 e. The van der Waals surface area contributed by atoms with Crippen LogP contribution in [0.15, 0.2) is 6.07 Å². The molecule has 0 aliphatic rings. The SMILES string of the molecule is Cc1nn(C)c(C)c1-c1cc(C(=O)NC(CCO)C(C)C)[nH]n1. The number of aryl methyl sites for hydroxylation is 2. The van der Waals surface area contributed by atoms with Crippen LogP contribution < -0.4 is 5.32 Å². The lowest BCUT2D eigenvalue weighted by molar-refractivity contribution is 0.0911. The molecule has 0 aliphatic heterocycles. The quantitative estimate of drug-likeness (QED) is 0.753. The molecule has 0 aliphatic carbocycles. The highest BCUT2D eigenvalue weighted by molar-refractivity contribution is 5.93. The molecule has 7 nitrogen and oxygen atoms in total. The number of aliphatic hydroxyl groups excluding tert-OH is 1. The van der Waals surface area contributed by atoms with Gasteiger partial charge in [-0.3, -0.25) is 14.6 Å². The molecule has 0 saturated carbocycles. The van der Waals surface area contributed by atoms with Gasteiger partial charge < -0.3 is 10.4 Å². The van der Waals surface area contributed by atoms with Crippen LogP contribution in [0.1, 0.15) is 42.1 Å². The third-order valence-electron chi connectivity index (χ3n) is 4.15. The first-order valence-corrected chi connectivity index (χ1v) is 7.82. The lowest BCUT2D eigenvalue weighted by atomic mass is 10.0. The molecule has 23 heavy (non-hydrogen) atoms. The third-order valence-corrected chi connectivity index (χ3v) is 4.15. The molecule has 2 aromatic rings. The second kappa shape index (κ2) is 6.95. The van der Waals surface area contributed by atoms with Crippen molar-refractivity contribution in [2.24, 2.45) is 13.0 Å². The Morgan fingerprint density at radius 1 is 1.43 bits per heavy atom. The number of H-pyrrole nitrogens is 1. The van der Waals surface area contributed by atoms with Gasteiger partial charge in [0.25, 0.3) is 5.91 Å². The standard InChI is InChI=1S/C16H25N5O2/c1-9(2)12(6-7-22)17-16(23)14-8-13(18-19-14)15-10(3)20-21(5)11(15)4/h8-9,12,22H,6-7H2,1-5H3,(H,17,23)(H,18,19). The molecule has 1 atom stereocenters. The predicted molar refractivity (Wildman–Crippen MR) is 88.1 cm³/mol. The number of hydrogen-bond donors (Lipinski definition) is 3. The van der Waals surface area contributed by atoms with Crippen molar-refractivity contribution in [2.45, 2.75) is 40.2 Å². The van der Waals surface area contributed by atoms with Crippen molar-refractivity contribution in [2.75, 3.05) is 6.61 Å². The normalized spacial score (nSPS) is 12.7. The van der Waals surface area contributed by atoms with Gasteiger partial charge in [-0.25, -0.2) is 0 Å². The van der Waals surface area contributed by atoms with E-state index in [4.69, 9.17) is 5.11 Å². The van der Waals surface area contributed by atoms with Crippen molar-refractivity contribution in [3.63, 3.8) is 0 Å². The summed E-state index contributed by atoms with van der Waals surface area (Å²) >= 11 is 0. The van der Waals surface area contributed by atoms with Gasteiger partial charge in [-0.15, -0.1) is 0 Å². The molecular weight excluding hydrogens is 294 g/mol. The molecule has 1 unspecified atom stereocenters. The Hall–Kier alpha value is -2.15.